The number of carbonyl (C=O) groups is 1. The van der Waals surface area contributed by atoms with Gasteiger partial charge in [0.2, 0.25) is 0 Å². The van der Waals surface area contributed by atoms with Crippen molar-refractivity contribution in [2.75, 3.05) is 17.2 Å². The molecule has 2 rings (SSSR count). The summed E-state index contributed by atoms with van der Waals surface area (Å²) >= 11 is 3.35. The Hall–Kier alpha value is -2.15. The van der Waals surface area contributed by atoms with E-state index < -0.39 is 5.97 Å². The van der Waals surface area contributed by atoms with Crippen LogP contribution >= 0.6 is 15.9 Å². The van der Waals surface area contributed by atoms with E-state index in [0.717, 1.165) is 10.2 Å². The number of rotatable bonds is 5. The van der Waals surface area contributed by atoms with E-state index in [1.807, 2.05) is 24.3 Å². The van der Waals surface area contributed by atoms with Crippen LogP contribution in [0.15, 0.2) is 41.1 Å². The number of carboxylic acids is 1. The molecular weight excluding hydrogens is 312 g/mol. The van der Waals surface area contributed by atoms with Gasteiger partial charge >= 0.3 is 5.97 Å². The molecule has 0 bridgehead atoms. The second-order valence-electron chi connectivity index (χ2n) is 3.63. The highest BCUT2D eigenvalue weighted by molar-refractivity contribution is 9.10. The first-order chi connectivity index (χ1) is 9.15. The van der Waals surface area contributed by atoms with Crippen molar-refractivity contribution in [2.24, 2.45) is 0 Å². The number of nitrogens with zero attached hydrogens (tertiary/aromatic N) is 2. The summed E-state index contributed by atoms with van der Waals surface area (Å²) in [7, 11) is 0. The van der Waals surface area contributed by atoms with Crippen LogP contribution in [0.25, 0.3) is 0 Å². The molecule has 98 valence electrons. The summed E-state index contributed by atoms with van der Waals surface area (Å²) < 4.78 is 0.974. The first kappa shape index (κ1) is 13.3. The lowest BCUT2D eigenvalue weighted by Gasteiger charge is -2.10. The Bertz CT molecular complexity index is 574. The van der Waals surface area contributed by atoms with Crippen LogP contribution in [-0.2, 0) is 4.79 Å². The van der Waals surface area contributed by atoms with Gasteiger partial charge in [-0.25, -0.2) is 9.97 Å². The Balaban J connectivity index is 2.15. The van der Waals surface area contributed by atoms with Crippen LogP contribution in [0.1, 0.15) is 0 Å². The standard InChI is InChI=1S/C12H11BrN4O2/c13-8-1-3-9(4-2-8)17-12-11(14-5-6-15-12)16-7-10(18)19/h1-6H,7H2,(H,14,16)(H,15,17)(H,18,19). The zero-order valence-electron chi connectivity index (χ0n) is 9.80. The number of hydrogen-bond acceptors (Lipinski definition) is 5. The van der Waals surface area contributed by atoms with Crippen molar-refractivity contribution in [1.82, 2.24) is 9.97 Å². The van der Waals surface area contributed by atoms with Gasteiger partial charge in [0.25, 0.3) is 0 Å². The van der Waals surface area contributed by atoms with E-state index in [9.17, 15) is 4.79 Å². The summed E-state index contributed by atoms with van der Waals surface area (Å²) in [6, 6.07) is 7.53. The molecule has 1 heterocycles. The van der Waals surface area contributed by atoms with Crippen molar-refractivity contribution in [3.05, 3.63) is 41.1 Å². The van der Waals surface area contributed by atoms with Gasteiger partial charge in [-0.2, -0.15) is 0 Å². The van der Waals surface area contributed by atoms with Gasteiger partial charge in [-0.15, -0.1) is 0 Å². The average molecular weight is 323 g/mol. The number of anilines is 3. The fraction of sp³-hybridized carbons (Fsp3) is 0.0833. The van der Waals surface area contributed by atoms with Gasteiger partial charge in [0.15, 0.2) is 11.6 Å². The molecule has 0 aliphatic rings. The molecule has 7 heteroatoms. The summed E-state index contributed by atoms with van der Waals surface area (Å²) in [4.78, 5) is 18.7. The summed E-state index contributed by atoms with van der Waals surface area (Å²) in [6.07, 6.45) is 3.03. The zero-order chi connectivity index (χ0) is 13.7. The SMILES string of the molecule is O=C(O)CNc1nccnc1Nc1ccc(Br)cc1. The first-order valence-electron chi connectivity index (χ1n) is 5.44. The van der Waals surface area contributed by atoms with Crippen LogP contribution in [0.4, 0.5) is 17.3 Å². The quantitative estimate of drug-likeness (QED) is 0.784. The maximum atomic E-state index is 10.5. The third kappa shape index (κ3) is 3.92. The predicted octanol–water partition coefficient (Wildman–Crippen LogP) is 2.48. The van der Waals surface area contributed by atoms with Crippen molar-refractivity contribution in [1.29, 1.82) is 0 Å². The van der Waals surface area contributed by atoms with Crippen molar-refractivity contribution >= 4 is 39.2 Å². The number of nitrogens with one attached hydrogen (secondary N) is 2. The van der Waals surface area contributed by atoms with Crippen LogP contribution in [0, 0.1) is 0 Å². The topological polar surface area (TPSA) is 87.1 Å². The highest BCUT2D eigenvalue weighted by Gasteiger charge is 2.06. The van der Waals surface area contributed by atoms with Crippen LogP contribution in [0.2, 0.25) is 0 Å². The van der Waals surface area contributed by atoms with Gasteiger partial charge in [0, 0.05) is 22.6 Å². The summed E-state index contributed by atoms with van der Waals surface area (Å²) in [5.74, 6) is -0.0841. The highest BCUT2D eigenvalue weighted by Crippen LogP contribution is 2.21. The molecule has 1 aromatic heterocycles. The molecule has 0 saturated carbocycles. The monoisotopic (exact) mass is 322 g/mol. The number of halogens is 1. The van der Waals surface area contributed by atoms with E-state index in [-0.39, 0.29) is 6.54 Å². The third-order valence-electron chi connectivity index (χ3n) is 2.21. The molecule has 6 nitrogen and oxygen atoms in total. The highest BCUT2D eigenvalue weighted by atomic mass is 79.9. The molecule has 0 atom stereocenters. The molecule has 0 fully saturated rings. The molecule has 1 aromatic carbocycles. The number of carboxylic acid groups (broad SMARTS) is 1. The lowest BCUT2D eigenvalue weighted by molar-refractivity contribution is -0.134. The minimum Gasteiger partial charge on any atom is -0.480 e. The van der Waals surface area contributed by atoms with Gasteiger partial charge < -0.3 is 15.7 Å². The van der Waals surface area contributed by atoms with E-state index in [1.54, 1.807) is 0 Å². The van der Waals surface area contributed by atoms with Gasteiger partial charge in [-0.05, 0) is 24.3 Å². The molecule has 0 spiro atoms. The second kappa shape index (κ2) is 6.14. The van der Waals surface area contributed by atoms with Crippen LogP contribution in [-0.4, -0.2) is 27.6 Å². The minimum absolute atomic E-state index is 0.215. The lowest BCUT2D eigenvalue weighted by Crippen LogP contribution is -2.14. The molecule has 19 heavy (non-hydrogen) atoms. The van der Waals surface area contributed by atoms with Gasteiger partial charge in [0.1, 0.15) is 6.54 Å². The molecule has 0 amide bonds. The Morgan fingerprint density at radius 1 is 1.16 bits per heavy atom. The van der Waals surface area contributed by atoms with E-state index in [4.69, 9.17) is 5.11 Å². The molecule has 0 radical (unpaired) electrons. The van der Waals surface area contributed by atoms with Gasteiger partial charge in [-0.3, -0.25) is 4.79 Å². The fourth-order valence-electron chi connectivity index (χ4n) is 1.39. The maximum absolute atomic E-state index is 10.5. The van der Waals surface area contributed by atoms with Gasteiger partial charge in [0.05, 0.1) is 0 Å². The number of hydrogen-bond donors (Lipinski definition) is 3. The summed E-state index contributed by atoms with van der Waals surface area (Å²) in [5, 5.41) is 14.4. The Morgan fingerprint density at radius 3 is 2.42 bits per heavy atom. The largest absolute Gasteiger partial charge is 0.480 e. The maximum Gasteiger partial charge on any atom is 0.322 e. The molecule has 0 unspecified atom stereocenters. The fourth-order valence-corrected chi connectivity index (χ4v) is 1.65. The first-order valence-corrected chi connectivity index (χ1v) is 6.24. The van der Waals surface area contributed by atoms with Gasteiger partial charge in [-0.1, -0.05) is 15.9 Å². The van der Waals surface area contributed by atoms with E-state index >= 15 is 0 Å². The summed E-state index contributed by atoms with van der Waals surface area (Å²) in [6.45, 7) is -0.215. The Kier molecular flexibility index (Phi) is 4.30. The molecular formula is C12H11BrN4O2. The molecule has 0 saturated heterocycles. The second-order valence-corrected chi connectivity index (χ2v) is 4.55. The van der Waals surface area contributed by atoms with Crippen molar-refractivity contribution < 1.29 is 9.90 Å². The van der Waals surface area contributed by atoms with Crippen molar-refractivity contribution in [3.8, 4) is 0 Å². The molecule has 0 aliphatic heterocycles. The number of aromatic nitrogens is 2. The third-order valence-corrected chi connectivity index (χ3v) is 2.74. The average Bonchev–Trinajstić information content (AvgIpc) is 2.40. The predicted molar refractivity (Wildman–Crippen MR) is 75.6 cm³/mol. The van der Waals surface area contributed by atoms with Crippen molar-refractivity contribution in [3.63, 3.8) is 0 Å². The number of aliphatic carboxylic acids is 1. The lowest BCUT2D eigenvalue weighted by atomic mass is 10.3. The Morgan fingerprint density at radius 2 is 1.79 bits per heavy atom. The minimum atomic E-state index is -0.958. The van der Waals surface area contributed by atoms with Crippen LogP contribution in [0.3, 0.4) is 0 Å². The molecule has 2 aromatic rings. The van der Waals surface area contributed by atoms with E-state index in [0.29, 0.717) is 11.6 Å². The van der Waals surface area contributed by atoms with E-state index in [2.05, 4.69) is 36.5 Å². The van der Waals surface area contributed by atoms with E-state index in [1.165, 1.54) is 12.4 Å². The zero-order valence-corrected chi connectivity index (χ0v) is 11.4. The van der Waals surface area contributed by atoms with Crippen molar-refractivity contribution in [2.45, 2.75) is 0 Å². The smallest absolute Gasteiger partial charge is 0.322 e. The normalized spacial score (nSPS) is 9.95. The number of benzene rings is 1. The molecule has 0 aliphatic carbocycles. The van der Waals surface area contributed by atoms with Crippen LogP contribution < -0.4 is 10.6 Å². The van der Waals surface area contributed by atoms with Crippen LogP contribution in [0.5, 0.6) is 0 Å². The summed E-state index contributed by atoms with van der Waals surface area (Å²) in [5.41, 5.74) is 0.835. The molecule has 3 N–H and O–H groups in total. The Labute approximate surface area is 118 Å².